The predicted molar refractivity (Wildman–Crippen MR) is 114 cm³/mol. The molecule has 2 heterocycles. The number of hydrogen-bond donors (Lipinski definition) is 2. The summed E-state index contributed by atoms with van der Waals surface area (Å²) in [5.41, 5.74) is 3.34. The molecule has 1 aromatic carbocycles. The topological polar surface area (TPSA) is 71.8 Å². The summed E-state index contributed by atoms with van der Waals surface area (Å²) in [5, 5.41) is 15.6. The number of thioether (sulfide) groups is 1. The third-order valence-electron chi connectivity index (χ3n) is 5.77. The number of hydrogen-bond acceptors (Lipinski definition) is 5. The summed E-state index contributed by atoms with van der Waals surface area (Å²) in [6.45, 7) is 3.90. The van der Waals surface area contributed by atoms with Crippen molar-refractivity contribution in [2.45, 2.75) is 62.5 Å². The largest absolute Gasteiger partial charge is 0.321 e. The number of amides is 1. The zero-order valence-electron chi connectivity index (χ0n) is 16.5. The van der Waals surface area contributed by atoms with Crippen LogP contribution in [0.1, 0.15) is 66.3 Å². The van der Waals surface area contributed by atoms with Crippen molar-refractivity contribution < 1.29 is 4.79 Å². The van der Waals surface area contributed by atoms with E-state index in [1.807, 2.05) is 35.5 Å². The molecule has 2 aliphatic rings. The first-order valence-electron chi connectivity index (χ1n) is 10.3. The van der Waals surface area contributed by atoms with Crippen LogP contribution in [0.3, 0.4) is 0 Å². The maximum atomic E-state index is 12.8. The Kier molecular flexibility index (Phi) is 6.32. The maximum Gasteiger partial charge on any atom is 0.278 e. The Hall–Kier alpha value is -1.86. The van der Waals surface area contributed by atoms with Crippen molar-refractivity contribution >= 4 is 23.4 Å². The first kappa shape index (κ1) is 19.5. The van der Waals surface area contributed by atoms with Gasteiger partial charge in [-0.15, -0.1) is 5.10 Å². The van der Waals surface area contributed by atoms with Gasteiger partial charge in [0.15, 0.2) is 5.69 Å². The van der Waals surface area contributed by atoms with Crippen molar-refractivity contribution in [3.05, 3.63) is 41.2 Å². The molecular formula is C21H29N5OS. The van der Waals surface area contributed by atoms with E-state index in [2.05, 4.69) is 33.1 Å². The van der Waals surface area contributed by atoms with Gasteiger partial charge in [-0.3, -0.25) is 4.79 Å². The molecule has 0 unspecified atom stereocenters. The number of aromatic nitrogens is 3. The quantitative estimate of drug-likeness (QED) is 0.770. The molecule has 4 rings (SSSR count). The molecule has 1 saturated carbocycles. The van der Waals surface area contributed by atoms with E-state index in [4.69, 9.17) is 0 Å². The van der Waals surface area contributed by atoms with Crippen LogP contribution in [0.4, 0.5) is 5.69 Å². The summed E-state index contributed by atoms with van der Waals surface area (Å²) in [7, 11) is 0. The van der Waals surface area contributed by atoms with Crippen LogP contribution in [-0.4, -0.2) is 39.2 Å². The molecule has 0 bridgehead atoms. The fourth-order valence-electron chi connectivity index (χ4n) is 4.15. The van der Waals surface area contributed by atoms with Gasteiger partial charge in [0.25, 0.3) is 5.91 Å². The second kappa shape index (κ2) is 9.09. The fourth-order valence-corrected chi connectivity index (χ4v) is 5.42. The molecule has 150 valence electrons. The minimum Gasteiger partial charge on any atom is -0.321 e. The number of piperidine rings is 1. The Morgan fingerprint density at radius 3 is 2.82 bits per heavy atom. The van der Waals surface area contributed by atoms with Crippen LogP contribution >= 0.6 is 11.8 Å². The lowest BCUT2D eigenvalue weighted by atomic mass is 10.1. The van der Waals surface area contributed by atoms with Gasteiger partial charge in [-0.25, -0.2) is 4.68 Å². The zero-order chi connectivity index (χ0) is 19.3. The Morgan fingerprint density at radius 1 is 1.25 bits per heavy atom. The van der Waals surface area contributed by atoms with Crippen LogP contribution in [0.2, 0.25) is 0 Å². The van der Waals surface area contributed by atoms with Gasteiger partial charge in [0.1, 0.15) is 0 Å². The number of nitrogens with one attached hydrogen (secondary N) is 2. The van der Waals surface area contributed by atoms with Gasteiger partial charge in [-0.05, 0) is 63.4 Å². The Labute approximate surface area is 170 Å². The van der Waals surface area contributed by atoms with Gasteiger partial charge in [-0.1, -0.05) is 30.2 Å². The number of rotatable bonds is 6. The van der Waals surface area contributed by atoms with Crippen molar-refractivity contribution in [3.8, 4) is 0 Å². The number of anilines is 1. The van der Waals surface area contributed by atoms with Gasteiger partial charge in [0.2, 0.25) is 0 Å². The smallest absolute Gasteiger partial charge is 0.278 e. The summed E-state index contributed by atoms with van der Waals surface area (Å²) in [5.74, 6) is 0.817. The standard InChI is InChI=1S/C21H29N5OS/c1-15-20(24-25-26(15)18-9-11-22-12-10-18)21(27)23-17-6-4-5-16(13-17)14-28-19-7-2-3-8-19/h4-6,13,18-19,22H,2-3,7-12,14H2,1H3,(H,23,27). The highest BCUT2D eigenvalue weighted by Gasteiger charge is 2.23. The van der Waals surface area contributed by atoms with E-state index in [1.54, 1.807) is 0 Å². The maximum absolute atomic E-state index is 12.8. The van der Waals surface area contributed by atoms with Crippen molar-refractivity contribution in [1.29, 1.82) is 0 Å². The normalized spacial score (nSPS) is 18.5. The van der Waals surface area contributed by atoms with E-state index in [0.717, 1.165) is 48.3 Å². The van der Waals surface area contributed by atoms with E-state index in [9.17, 15) is 4.79 Å². The molecule has 0 radical (unpaired) electrons. The van der Waals surface area contributed by atoms with Gasteiger partial charge in [-0.2, -0.15) is 11.8 Å². The van der Waals surface area contributed by atoms with Crippen LogP contribution in [0, 0.1) is 6.92 Å². The summed E-state index contributed by atoms with van der Waals surface area (Å²) in [6, 6.07) is 8.49. The molecule has 2 fully saturated rings. The van der Waals surface area contributed by atoms with E-state index < -0.39 is 0 Å². The summed E-state index contributed by atoms with van der Waals surface area (Å²) in [6.07, 6.45) is 7.45. The molecule has 2 N–H and O–H groups in total. The number of nitrogens with zero attached hydrogens (tertiary/aromatic N) is 3. The van der Waals surface area contributed by atoms with E-state index in [-0.39, 0.29) is 5.91 Å². The van der Waals surface area contributed by atoms with Crippen molar-refractivity contribution in [2.75, 3.05) is 18.4 Å². The molecule has 7 heteroatoms. The van der Waals surface area contributed by atoms with Crippen molar-refractivity contribution in [1.82, 2.24) is 20.3 Å². The molecule has 1 aromatic heterocycles. The molecule has 1 aliphatic heterocycles. The highest BCUT2D eigenvalue weighted by atomic mass is 32.2. The van der Waals surface area contributed by atoms with Crippen LogP contribution in [0.15, 0.2) is 24.3 Å². The van der Waals surface area contributed by atoms with Gasteiger partial charge < -0.3 is 10.6 Å². The molecule has 1 amide bonds. The Morgan fingerprint density at radius 2 is 2.04 bits per heavy atom. The van der Waals surface area contributed by atoms with Crippen molar-refractivity contribution in [2.24, 2.45) is 0 Å². The lowest BCUT2D eigenvalue weighted by Gasteiger charge is -2.23. The second-order valence-corrected chi connectivity index (χ2v) is 9.11. The minimum atomic E-state index is -0.182. The first-order valence-corrected chi connectivity index (χ1v) is 11.4. The third kappa shape index (κ3) is 4.58. The zero-order valence-corrected chi connectivity index (χ0v) is 17.3. The minimum absolute atomic E-state index is 0.182. The molecule has 0 spiro atoms. The SMILES string of the molecule is Cc1c(C(=O)Nc2cccc(CSC3CCCC3)c2)nnn1C1CCNCC1. The number of carbonyl (C=O) groups excluding carboxylic acids is 1. The Bertz CT molecular complexity index is 809. The van der Waals surface area contributed by atoms with Crippen LogP contribution in [0.5, 0.6) is 0 Å². The molecule has 2 aromatic rings. The average Bonchev–Trinajstić information content (AvgIpc) is 3.37. The number of benzene rings is 1. The highest BCUT2D eigenvalue weighted by molar-refractivity contribution is 7.99. The molecule has 1 aliphatic carbocycles. The van der Waals surface area contributed by atoms with Crippen LogP contribution in [-0.2, 0) is 5.75 Å². The fraction of sp³-hybridized carbons (Fsp3) is 0.571. The molecule has 0 atom stereocenters. The van der Waals surface area contributed by atoms with Crippen LogP contribution in [0.25, 0.3) is 0 Å². The highest BCUT2D eigenvalue weighted by Crippen LogP contribution is 2.32. The molecule has 6 nitrogen and oxygen atoms in total. The molecule has 28 heavy (non-hydrogen) atoms. The first-order chi connectivity index (χ1) is 13.7. The van der Waals surface area contributed by atoms with E-state index in [1.165, 1.54) is 31.2 Å². The lowest BCUT2D eigenvalue weighted by Crippen LogP contribution is -2.30. The van der Waals surface area contributed by atoms with Gasteiger partial charge in [0, 0.05) is 16.7 Å². The summed E-state index contributed by atoms with van der Waals surface area (Å²) in [4.78, 5) is 12.8. The van der Waals surface area contributed by atoms with Crippen LogP contribution < -0.4 is 10.6 Å². The second-order valence-electron chi connectivity index (χ2n) is 7.82. The molecular weight excluding hydrogens is 370 g/mol. The number of carbonyl (C=O) groups is 1. The van der Waals surface area contributed by atoms with E-state index >= 15 is 0 Å². The third-order valence-corrected chi connectivity index (χ3v) is 7.21. The predicted octanol–water partition coefficient (Wildman–Crippen LogP) is 3.94. The summed E-state index contributed by atoms with van der Waals surface area (Å²) < 4.78 is 1.92. The van der Waals surface area contributed by atoms with E-state index in [0.29, 0.717) is 11.7 Å². The lowest BCUT2D eigenvalue weighted by molar-refractivity contribution is 0.102. The van der Waals surface area contributed by atoms with Gasteiger partial charge >= 0.3 is 0 Å². The average molecular weight is 400 g/mol. The molecule has 1 saturated heterocycles. The van der Waals surface area contributed by atoms with Gasteiger partial charge in [0.05, 0.1) is 11.7 Å². The van der Waals surface area contributed by atoms with Crippen molar-refractivity contribution in [3.63, 3.8) is 0 Å². The summed E-state index contributed by atoms with van der Waals surface area (Å²) >= 11 is 2.04. The Balaban J connectivity index is 1.39. The monoisotopic (exact) mass is 399 g/mol.